The normalized spacial score (nSPS) is 15.5. The molecular formula is C20H24N4O2. The summed E-state index contributed by atoms with van der Waals surface area (Å²) < 4.78 is 0. The number of carbonyl (C=O) groups excluding carboxylic acids is 2. The average molecular weight is 352 g/mol. The summed E-state index contributed by atoms with van der Waals surface area (Å²) in [6, 6.07) is 13.9. The third-order valence-corrected chi connectivity index (χ3v) is 4.68. The predicted octanol–water partition coefficient (Wildman–Crippen LogP) is 2.56. The van der Waals surface area contributed by atoms with Gasteiger partial charge in [-0.2, -0.15) is 0 Å². The summed E-state index contributed by atoms with van der Waals surface area (Å²) >= 11 is 0. The van der Waals surface area contributed by atoms with E-state index in [1.54, 1.807) is 29.0 Å². The molecule has 1 N–H and O–H groups in total. The monoisotopic (exact) mass is 352 g/mol. The average Bonchev–Trinajstić information content (AvgIpc) is 2.69. The van der Waals surface area contributed by atoms with Crippen LogP contribution in [-0.4, -0.2) is 52.8 Å². The maximum absolute atomic E-state index is 12.6. The number of rotatable bonds is 4. The van der Waals surface area contributed by atoms with Crippen molar-refractivity contribution >= 4 is 17.5 Å². The van der Waals surface area contributed by atoms with Gasteiger partial charge in [-0.15, -0.1) is 0 Å². The van der Waals surface area contributed by atoms with Crippen LogP contribution in [0.2, 0.25) is 0 Å². The SMILES string of the molecule is CC(=O)N1CCN(C(=O)c2ccc(NC(C)c3ccccc3)cn2)CC1. The molecule has 2 aromatic rings. The Kier molecular flexibility index (Phi) is 5.51. The molecule has 1 aliphatic heterocycles. The smallest absolute Gasteiger partial charge is 0.272 e. The standard InChI is InChI=1S/C20H24N4O2/c1-15(17-6-4-3-5-7-17)22-18-8-9-19(21-14-18)20(26)24-12-10-23(11-13-24)16(2)25/h3-9,14-15,22H,10-13H2,1-2H3. The maximum Gasteiger partial charge on any atom is 0.272 e. The lowest BCUT2D eigenvalue weighted by Crippen LogP contribution is -2.50. The molecule has 0 bridgehead atoms. The topological polar surface area (TPSA) is 65.5 Å². The van der Waals surface area contributed by atoms with E-state index < -0.39 is 0 Å². The van der Waals surface area contributed by atoms with Gasteiger partial charge >= 0.3 is 0 Å². The number of pyridine rings is 1. The first-order chi connectivity index (χ1) is 12.5. The number of nitrogens with zero attached hydrogens (tertiary/aromatic N) is 3. The highest BCUT2D eigenvalue weighted by molar-refractivity contribution is 5.92. The number of carbonyl (C=O) groups is 2. The van der Waals surface area contributed by atoms with E-state index in [1.807, 2.05) is 24.3 Å². The summed E-state index contributed by atoms with van der Waals surface area (Å²) in [7, 11) is 0. The van der Waals surface area contributed by atoms with Crippen LogP contribution in [0.25, 0.3) is 0 Å². The first-order valence-corrected chi connectivity index (χ1v) is 8.87. The van der Waals surface area contributed by atoms with Crippen molar-refractivity contribution in [2.45, 2.75) is 19.9 Å². The van der Waals surface area contributed by atoms with Crippen LogP contribution in [0.15, 0.2) is 48.7 Å². The van der Waals surface area contributed by atoms with Gasteiger partial charge in [-0.1, -0.05) is 30.3 Å². The lowest BCUT2D eigenvalue weighted by Gasteiger charge is -2.34. The van der Waals surface area contributed by atoms with Crippen LogP contribution in [0.3, 0.4) is 0 Å². The molecule has 26 heavy (non-hydrogen) atoms. The van der Waals surface area contributed by atoms with Gasteiger partial charge in [-0.05, 0) is 24.6 Å². The summed E-state index contributed by atoms with van der Waals surface area (Å²) in [6.07, 6.45) is 1.69. The van der Waals surface area contributed by atoms with Gasteiger partial charge in [0, 0.05) is 39.1 Å². The summed E-state index contributed by atoms with van der Waals surface area (Å²) in [6.45, 7) is 5.89. The first kappa shape index (κ1) is 17.9. The van der Waals surface area contributed by atoms with Crippen LogP contribution in [0.4, 0.5) is 5.69 Å². The molecule has 136 valence electrons. The van der Waals surface area contributed by atoms with Gasteiger partial charge in [0.15, 0.2) is 0 Å². The molecule has 0 aliphatic carbocycles. The Morgan fingerprint density at radius 3 is 2.23 bits per heavy atom. The van der Waals surface area contributed by atoms with Crippen LogP contribution in [0, 0.1) is 0 Å². The van der Waals surface area contributed by atoms with Crippen LogP contribution in [0.1, 0.15) is 35.9 Å². The molecule has 1 aliphatic rings. The highest BCUT2D eigenvalue weighted by atomic mass is 16.2. The highest BCUT2D eigenvalue weighted by Gasteiger charge is 2.23. The van der Waals surface area contributed by atoms with Gasteiger partial charge in [-0.3, -0.25) is 9.59 Å². The Bertz CT molecular complexity index is 753. The largest absolute Gasteiger partial charge is 0.377 e. The maximum atomic E-state index is 12.6. The van der Waals surface area contributed by atoms with Crippen molar-refractivity contribution in [3.63, 3.8) is 0 Å². The van der Waals surface area contributed by atoms with Crippen LogP contribution < -0.4 is 5.32 Å². The molecule has 2 amide bonds. The summed E-state index contributed by atoms with van der Waals surface area (Å²) in [4.78, 5) is 31.8. The predicted molar refractivity (Wildman–Crippen MR) is 101 cm³/mol. The quantitative estimate of drug-likeness (QED) is 0.918. The molecule has 6 nitrogen and oxygen atoms in total. The van der Waals surface area contributed by atoms with Crippen LogP contribution in [0.5, 0.6) is 0 Å². The molecule has 2 heterocycles. The molecule has 0 radical (unpaired) electrons. The molecule has 1 saturated heterocycles. The lowest BCUT2D eigenvalue weighted by molar-refractivity contribution is -0.130. The second-order valence-electron chi connectivity index (χ2n) is 6.51. The second kappa shape index (κ2) is 7.99. The summed E-state index contributed by atoms with van der Waals surface area (Å²) in [5, 5.41) is 3.39. The Morgan fingerprint density at radius 2 is 1.65 bits per heavy atom. The van der Waals surface area contributed by atoms with Gasteiger partial charge in [0.25, 0.3) is 5.91 Å². The van der Waals surface area contributed by atoms with Crippen molar-refractivity contribution in [2.75, 3.05) is 31.5 Å². The molecule has 3 rings (SSSR count). The molecule has 1 unspecified atom stereocenters. The van der Waals surface area contributed by atoms with E-state index in [0.717, 1.165) is 5.69 Å². The first-order valence-electron chi connectivity index (χ1n) is 8.87. The van der Waals surface area contributed by atoms with Crippen molar-refractivity contribution in [3.8, 4) is 0 Å². The van der Waals surface area contributed by atoms with E-state index in [4.69, 9.17) is 0 Å². The van der Waals surface area contributed by atoms with Crippen molar-refractivity contribution in [2.24, 2.45) is 0 Å². The zero-order valence-electron chi connectivity index (χ0n) is 15.2. The molecule has 1 atom stereocenters. The fraction of sp³-hybridized carbons (Fsp3) is 0.350. The summed E-state index contributed by atoms with van der Waals surface area (Å²) in [5.74, 6) is -0.0333. The van der Waals surface area contributed by atoms with Gasteiger partial charge in [0.05, 0.1) is 11.9 Å². The van der Waals surface area contributed by atoms with E-state index >= 15 is 0 Å². The van der Waals surface area contributed by atoms with Gasteiger partial charge in [0.2, 0.25) is 5.91 Å². The number of anilines is 1. The van der Waals surface area contributed by atoms with Crippen molar-refractivity contribution in [3.05, 3.63) is 59.9 Å². The number of hydrogen-bond donors (Lipinski definition) is 1. The zero-order valence-corrected chi connectivity index (χ0v) is 15.2. The number of benzene rings is 1. The number of nitrogens with one attached hydrogen (secondary N) is 1. The van der Waals surface area contributed by atoms with E-state index in [1.165, 1.54) is 5.56 Å². The molecule has 1 fully saturated rings. The minimum absolute atomic E-state index is 0.0539. The Morgan fingerprint density at radius 1 is 1.00 bits per heavy atom. The Balaban J connectivity index is 1.59. The van der Waals surface area contributed by atoms with Gasteiger partial charge < -0.3 is 15.1 Å². The highest BCUT2D eigenvalue weighted by Crippen LogP contribution is 2.18. The van der Waals surface area contributed by atoms with E-state index in [9.17, 15) is 9.59 Å². The van der Waals surface area contributed by atoms with E-state index in [0.29, 0.717) is 31.9 Å². The number of aromatic nitrogens is 1. The number of piperazine rings is 1. The molecular weight excluding hydrogens is 328 g/mol. The van der Waals surface area contributed by atoms with Crippen LogP contribution >= 0.6 is 0 Å². The second-order valence-corrected chi connectivity index (χ2v) is 6.51. The van der Waals surface area contributed by atoms with Gasteiger partial charge in [-0.25, -0.2) is 4.98 Å². The third kappa shape index (κ3) is 4.20. The molecule has 0 saturated carbocycles. The van der Waals surface area contributed by atoms with Crippen LogP contribution in [-0.2, 0) is 4.79 Å². The molecule has 1 aromatic carbocycles. The number of amides is 2. The van der Waals surface area contributed by atoms with Crippen molar-refractivity contribution < 1.29 is 9.59 Å². The van der Waals surface area contributed by atoms with Crippen molar-refractivity contribution in [1.82, 2.24) is 14.8 Å². The minimum atomic E-state index is -0.0872. The number of hydrogen-bond acceptors (Lipinski definition) is 4. The molecule has 0 spiro atoms. The fourth-order valence-electron chi connectivity index (χ4n) is 3.07. The van der Waals surface area contributed by atoms with E-state index in [-0.39, 0.29) is 17.9 Å². The molecule has 1 aromatic heterocycles. The lowest BCUT2D eigenvalue weighted by atomic mass is 10.1. The fourth-order valence-corrected chi connectivity index (χ4v) is 3.07. The minimum Gasteiger partial charge on any atom is -0.377 e. The van der Waals surface area contributed by atoms with Crippen molar-refractivity contribution in [1.29, 1.82) is 0 Å². The van der Waals surface area contributed by atoms with Gasteiger partial charge in [0.1, 0.15) is 5.69 Å². The third-order valence-electron chi connectivity index (χ3n) is 4.68. The summed E-state index contributed by atoms with van der Waals surface area (Å²) in [5.41, 5.74) is 2.49. The zero-order chi connectivity index (χ0) is 18.5. The van der Waals surface area contributed by atoms with E-state index in [2.05, 4.69) is 29.4 Å². The Hall–Kier alpha value is -2.89. The molecule has 6 heteroatoms. The Labute approximate surface area is 153 Å².